The Morgan fingerprint density at radius 1 is 1.30 bits per heavy atom. The van der Waals surface area contributed by atoms with Gasteiger partial charge in [0.1, 0.15) is 11.6 Å². The maximum absolute atomic E-state index is 13.4. The Morgan fingerprint density at radius 2 is 1.95 bits per heavy atom. The molecule has 3 nitrogen and oxygen atoms in total. The zero-order chi connectivity index (χ0) is 15.3. The van der Waals surface area contributed by atoms with Gasteiger partial charge in [0.05, 0.1) is 19.1 Å². The highest BCUT2D eigenvalue weighted by Gasteiger charge is 2.26. The van der Waals surface area contributed by atoms with Crippen LogP contribution in [-0.2, 0) is 4.79 Å². The van der Waals surface area contributed by atoms with Gasteiger partial charge in [0.25, 0.3) is 0 Å². The molecule has 8 heteroatoms. The van der Waals surface area contributed by atoms with E-state index in [0.717, 1.165) is 18.2 Å². The molecule has 2 N–H and O–H groups in total. The van der Waals surface area contributed by atoms with E-state index in [1.54, 1.807) is 0 Å². The standard InChI is InChI=1S/C12H13F5N2O/c1-7(9-4-8(13)2-3-10(9)14)19-11(20)5-18-6-12(15,16)17/h2-4,7,18H,5-6H2,1H3,(H,19,20). The van der Waals surface area contributed by atoms with Crippen molar-refractivity contribution in [2.75, 3.05) is 13.1 Å². The molecule has 0 fully saturated rings. The lowest BCUT2D eigenvalue weighted by Crippen LogP contribution is -2.39. The molecule has 0 aliphatic carbocycles. The molecule has 0 heterocycles. The fourth-order valence-corrected chi connectivity index (χ4v) is 1.53. The van der Waals surface area contributed by atoms with Crippen molar-refractivity contribution in [3.8, 4) is 0 Å². The van der Waals surface area contributed by atoms with Crippen LogP contribution in [0.3, 0.4) is 0 Å². The number of hydrogen-bond donors (Lipinski definition) is 2. The summed E-state index contributed by atoms with van der Waals surface area (Å²) in [6, 6.07) is 1.91. The van der Waals surface area contributed by atoms with Crippen LogP contribution in [0.15, 0.2) is 18.2 Å². The smallest absolute Gasteiger partial charge is 0.348 e. The zero-order valence-electron chi connectivity index (χ0n) is 10.5. The van der Waals surface area contributed by atoms with Crippen LogP contribution in [0.2, 0.25) is 0 Å². The second kappa shape index (κ2) is 6.65. The number of nitrogens with one attached hydrogen (secondary N) is 2. The van der Waals surface area contributed by atoms with Gasteiger partial charge in [-0.2, -0.15) is 13.2 Å². The van der Waals surface area contributed by atoms with Gasteiger partial charge >= 0.3 is 6.18 Å². The molecule has 20 heavy (non-hydrogen) atoms. The van der Waals surface area contributed by atoms with Crippen LogP contribution < -0.4 is 10.6 Å². The second-order valence-electron chi connectivity index (χ2n) is 4.17. The summed E-state index contributed by atoms with van der Waals surface area (Å²) in [5.41, 5.74) is -0.0748. The Labute approximate surface area is 112 Å². The van der Waals surface area contributed by atoms with Crippen LogP contribution in [-0.4, -0.2) is 25.2 Å². The van der Waals surface area contributed by atoms with Gasteiger partial charge in [-0.05, 0) is 25.1 Å². The van der Waals surface area contributed by atoms with E-state index in [1.807, 2.05) is 5.32 Å². The van der Waals surface area contributed by atoms with Crippen molar-refractivity contribution < 1.29 is 26.7 Å². The minimum atomic E-state index is -4.42. The van der Waals surface area contributed by atoms with E-state index in [4.69, 9.17) is 0 Å². The van der Waals surface area contributed by atoms with Gasteiger partial charge in [0, 0.05) is 5.56 Å². The van der Waals surface area contributed by atoms with E-state index >= 15 is 0 Å². The molecule has 0 radical (unpaired) electrons. The summed E-state index contributed by atoms with van der Waals surface area (Å²) >= 11 is 0. The highest BCUT2D eigenvalue weighted by Crippen LogP contribution is 2.17. The summed E-state index contributed by atoms with van der Waals surface area (Å²) in [6.45, 7) is -0.469. The average molecular weight is 296 g/mol. The number of carbonyl (C=O) groups excluding carboxylic acids is 1. The van der Waals surface area contributed by atoms with Crippen LogP contribution in [0, 0.1) is 11.6 Å². The van der Waals surface area contributed by atoms with Crippen LogP contribution in [0.4, 0.5) is 22.0 Å². The van der Waals surface area contributed by atoms with Crippen molar-refractivity contribution in [2.45, 2.75) is 19.1 Å². The van der Waals surface area contributed by atoms with Crippen LogP contribution >= 0.6 is 0 Å². The molecule has 1 rings (SSSR count). The molecule has 1 aromatic rings. The minimum absolute atomic E-state index is 0.0748. The molecule has 0 aromatic heterocycles. The summed E-state index contributed by atoms with van der Waals surface area (Å²) in [5, 5.41) is 4.18. The summed E-state index contributed by atoms with van der Waals surface area (Å²) in [4.78, 5) is 11.4. The predicted molar refractivity (Wildman–Crippen MR) is 61.8 cm³/mol. The molecular formula is C12H13F5N2O. The molecule has 1 aromatic carbocycles. The van der Waals surface area contributed by atoms with Crippen molar-refractivity contribution in [3.63, 3.8) is 0 Å². The predicted octanol–water partition coefficient (Wildman–Crippen LogP) is 2.29. The molecule has 1 amide bonds. The normalized spacial score (nSPS) is 13.1. The molecular weight excluding hydrogens is 283 g/mol. The highest BCUT2D eigenvalue weighted by molar-refractivity contribution is 5.78. The Morgan fingerprint density at radius 3 is 2.55 bits per heavy atom. The molecule has 0 saturated carbocycles. The molecule has 1 atom stereocenters. The Balaban J connectivity index is 2.51. The van der Waals surface area contributed by atoms with Crippen LogP contribution in [0.25, 0.3) is 0 Å². The lowest BCUT2D eigenvalue weighted by atomic mass is 10.1. The lowest BCUT2D eigenvalue weighted by molar-refractivity contribution is -0.128. The lowest BCUT2D eigenvalue weighted by Gasteiger charge is -2.16. The number of rotatable bonds is 5. The molecule has 0 aliphatic rings. The number of halogens is 5. The van der Waals surface area contributed by atoms with Crippen molar-refractivity contribution in [1.29, 1.82) is 0 Å². The maximum atomic E-state index is 13.4. The second-order valence-corrected chi connectivity index (χ2v) is 4.17. The third kappa shape index (κ3) is 5.52. The van der Waals surface area contributed by atoms with Crippen molar-refractivity contribution in [2.24, 2.45) is 0 Å². The molecule has 0 bridgehead atoms. The van der Waals surface area contributed by atoms with E-state index < -0.39 is 42.8 Å². The Kier molecular flexibility index (Phi) is 5.43. The summed E-state index contributed by atoms with van der Waals surface area (Å²) in [7, 11) is 0. The Hall–Kier alpha value is -1.70. The molecule has 0 saturated heterocycles. The van der Waals surface area contributed by atoms with Gasteiger partial charge in [0.2, 0.25) is 5.91 Å². The quantitative estimate of drug-likeness (QED) is 0.819. The largest absolute Gasteiger partial charge is 0.401 e. The van der Waals surface area contributed by atoms with Gasteiger partial charge < -0.3 is 10.6 Å². The average Bonchev–Trinajstić information content (AvgIpc) is 2.30. The highest BCUT2D eigenvalue weighted by atomic mass is 19.4. The van der Waals surface area contributed by atoms with Crippen LogP contribution in [0.1, 0.15) is 18.5 Å². The molecule has 0 aliphatic heterocycles. The molecule has 1 unspecified atom stereocenters. The monoisotopic (exact) mass is 296 g/mol. The zero-order valence-corrected chi connectivity index (χ0v) is 10.5. The van der Waals surface area contributed by atoms with E-state index in [1.165, 1.54) is 6.92 Å². The SMILES string of the molecule is CC(NC(=O)CNCC(F)(F)F)c1cc(F)ccc1F. The number of carbonyl (C=O) groups is 1. The first-order valence-electron chi connectivity index (χ1n) is 5.71. The minimum Gasteiger partial charge on any atom is -0.348 e. The number of amides is 1. The van der Waals surface area contributed by atoms with E-state index in [9.17, 15) is 26.7 Å². The Bertz CT molecular complexity index is 475. The molecule has 0 spiro atoms. The first-order chi connectivity index (χ1) is 9.19. The van der Waals surface area contributed by atoms with Gasteiger partial charge in [-0.3, -0.25) is 4.79 Å². The van der Waals surface area contributed by atoms with Gasteiger partial charge in [-0.25, -0.2) is 8.78 Å². The fraction of sp³-hybridized carbons (Fsp3) is 0.417. The van der Waals surface area contributed by atoms with Gasteiger partial charge in [-0.1, -0.05) is 0 Å². The first kappa shape index (κ1) is 16.4. The summed E-state index contributed by atoms with van der Waals surface area (Å²) in [5.74, 6) is -2.12. The fourth-order valence-electron chi connectivity index (χ4n) is 1.53. The summed E-state index contributed by atoms with van der Waals surface area (Å²) < 4.78 is 61.9. The third-order valence-electron chi connectivity index (χ3n) is 2.41. The number of alkyl halides is 3. The number of benzene rings is 1. The van der Waals surface area contributed by atoms with Gasteiger partial charge in [-0.15, -0.1) is 0 Å². The topological polar surface area (TPSA) is 41.1 Å². The van der Waals surface area contributed by atoms with Crippen molar-refractivity contribution >= 4 is 5.91 Å². The van der Waals surface area contributed by atoms with E-state index in [-0.39, 0.29) is 5.56 Å². The van der Waals surface area contributed by atoms with Crippen LogP contribution in [0.5, 0.6) is 0 Å². The van der Waals surface area contributed by atoms with Crippen molar-refractivity contribution in [3.05, 3.63) is 35.4 Å². The molecule has 112 valence electrons. The van der Waals surface area contributed by atoms with E-state index in [2.05, 4.69) is 5.32 Å². The first-order valence-corrected chi connectivity index (χ1v) is 5.71. The van der Waals surface area contributed by atoms with Crippen molar-refractivity contribution in [1.82, 2.24) is 10.6 Å². The maximum Gasteiger partial charge on any atom is 0.401 e. The number of hydrogen-bond acceptors (Lipinski definition) is 2. The summed E-state index contributed by atoms with van der Waals surface area (Å²) in [6.07, 6.45) is -4.42. The third-order valence-corrected chi connectivity index (χ3v) is 2.41. The van der Waals surface area contributed by atoms with E-state index in [0.29, 0.717) is 0 Å². The van der Waals surface area contributed by atoms with Gasteiger partial charge in [0.15, 0.2) is 0 Å².